The number of aromatic nitrogens is 3. The maximum Gasteiger partial charge on any atom is 0.274 e. The molecule has 0 spiro atoms. The van der Waals surface area contributed by atoms with E-state index in [0.29, 0.717) is 19.6 Å². The highest BCUT2D eigenvalue weighted by Crippen LogP contribution is 2.18. The third-order valence-electron chi connectivity index (χ3n) is 4.41. The quantitative estimate of drug-likeness (QED) is 0.869. The molecule has 2 aromatic heterocycles. The lowest BCUT2D eigenvalue weighted by atomic mass is 10.1. The van der Waals surface area contributed by atoms with Crippen LogP contribution in [0.5, 0.6) is 0 Å². The van der Waals surface area contributed by atoms with Gasteiger partial charge in [-0.05, 0) is 32.6 Å². The molecule has 2 aromatic rings. The van der Waals surface area contributed by atoms with E-state index in [0.717, 1.165) is 41.3 Å². The summed E-state index contributed by atoms with van der Waals surface area (Å²) < 4.78 is 0. The van der Waals surface area contributed by atoms with E-state index in [4.69, 9.17) is 0 Å². The Morgan fingerprint density at radius 2 is 1.85 bits per heavy atom. The van der Waals surface area contributed by atoms with Gasteiger partial charge in [-0.3, -0.25) is 9.59 Å². The number of hydrogen-bond acceptors (Lipinski definition) is 6. The zero-order valence-electron chi connectivity index (χ0n) is 15.1. The third-order valence-corrected chi connectivity index (χ3v) is 5.71. The third kappa shape index (κ3) is 4.07. The molecule has 7 nitrogen and oxygen atoms in total. The lowest BCUT2D eigenvalue weighted by Gasteiger charge is -2.26. The standard InChI is InChI=1S/C18H23N5O2S/c1-3-14-22-12(2)13(26-14)11-21-17(24)15-16(20-8-7-19-15)18(25)23-9-5-4-6-10-23/h7-8H,3-6,9-11H2,1-2H3,(H,21,24). The first-order valence-electron chi connectivity index (χ1n) is 8.93. The fraction of sp³-hybridized carbons (Fsp3) is 0.500. The number of thiazole rings is 1. The number of aryl methyl sites for hydroxylation is 2. The van der Waals surface area contributed by atoms with Gasteiger partial charge in [0.1, 0.15) is 0 Å². The molecule has 138 valence electrons. The number of amides is 2. The molecule has 1 fully saturated rings. The minimum atomic E-state index is -0.385. The molecule has 0 aromatic carbocycles. The largest absolute Gasteiger partial charge is 0.346 e. The van der Waals surface area contributed by atoms with Gasteiger partial charge in [-0.2, -0.15) is 0 Å². The molecule has 0 bridgehead atoms. The van der Waals surface area contributed by atoms with Crippen molar-refractivity contribution in [3.05, 3.63) is 39.4 Å². The van der Waals surface area contributed by atoms with Crippen LogP contribution >= 0.6 is 11.3 Å². The normalized spacial score (nSPS) is 14.3. The van der Waals surface area contributed by atoms with Gasteiger partial charge in [-0.1, -0.05) is 6.92 Å². The van der Waals surface area contributed by atoms with E-state index in [2.05, 4.69) is 27.2 Å². The van der Waals surface area contributed by atoms with E-state index < -0.39 is 0 Å². The topological polar surface area (TPSA) is 88.1 Å². The Morgan fingerprint density at radius 1 is 1.15 bits per heavy atom. The van der Waals surface area contributed by atoms with Crippen molar-refractivity contribution in [3.8, 4) is 0 Å². The van der Waals surface area contributed by atoms with Gasteiger partial charge in [-0.15, -0.1) is 11.3 Å². The van der Waals surface area contributed by atoms with Gasteiger partial charge in [0.25, 0.3) is 11.8 Å². The van der Waals surface area contributed by atoms with Crippen molar-refractivity contribution in [1.82, 2.24) is 25.2 Å². The zero-order valence-corrected chi connectivity index (χ0v) is 15.9. The number of carbonyl (C=O) groups is 2. The molecule has 3 heterocycles. The van der Waals surface area contributed by atoms with Gasteiger partial charge in [0.2, 0.25) is 0 Å². The van der Waals surface area contributed by atoms with Crippen LogP contribution in [-0.4, -0.2) is 44.8 Å². The summed E-state index contributed by atoms with van der Waals surface area (Å²) in [7, 11) is 0. The summed E-state index contributed by atoms with van der Waals surface area (Å²) in [5, 5.41) is 3.90. The maximum absolute atomic E-state index is 12.7. The van der Waals surface area contributed by atoms with E-state index >= 15 is 0 Å². The second-order valence-corrected chi connectivity index (χ2v) is 7.43. The Morgan fingerprint density at radius 3 is 2.50 bits per heavy atom. The Balaban J connectivity index is 1.73. The number of nitrogens with one attached hydrogen (secondary N) is 1. The van der Waals surface area contributed by atoms with E-state index in [-0.39, 0.29) is 23.2 Å². The first-order chi connectivity index (χ1) is 12.6. The van der Waals surface area contributed by atoms with Crippen molar-refractivity contribution in [2.45, 2.75) is 46.1 Å². The minimum Gasteiger partial charge on any atom is -0.346 e. The van der Waals surface area contributed by atoms with Gasteiger partial charge in [0, 0.05) is 30.4 Å². The summed E-state index contributed by atoms with van der Waals surface area (Å²) in [6, 6.07) is 0. The van der Waals surface area contributed by atoms with Crippen LogP contribution in [0.3, 0.4) is 0 Å². The molecule has 26 heavy (non-hydrogen) atoms. The van der Waals surface area contributed by atoms with Crippen LogP contribution in [0.15, 0.2) is 12.4 Å². The first-order valence-corrected chi connectivity index (χ1v) is 9.75. The molecule has 8 heteroatoms. The predicted molar refractivity (Wildman–Crippen MR) is 99.2 cm³/mol. The van der Waals surface area contributed by atoms with Crippen molar-refractivity contribution in [1.29, 1.82) is 0 Å². The molecule has 1 aliphatic heterocycles. The molecule has 0 saturated carbocycles. The van der Waals surface area contributed by atoms with Crippen molar-refractivity contribution in [3.63, 3.8) is 0 Å². The van der Waals surface area contributed by atoms with Crippen LogP contribution in [0, 0.1) is 6.92 Å². The SMILES string of the molecule is CCc1nc(C)c(CNC(=O)c2nccnc2C(=O)N2CCCCC2)s1. The highest BCUT2D eigenvalue weighted by atomic mass is 32.1. The maximum atomic E-state index is 12.7. The van der Waals surface area contributed by atoms with Crippen LogP contribution in [0.25, 0.3) is 0 Å². The number of carbonyl (C=O) groups excluding carboxylic acids is 2. The fourth-order valence-electron chi connectivity index (χ4n) is 2.96. The molecule has 0 aliphatic carbocycles. The minimum absolute atomic E-state index is 0.0842. The lowest BCUT2D eigenvalue weighted by molar-refractivity contribution is 0.0711. The average molecular weight is 373 g/mol. The fourth-order valence-corrected chi connectivity index (χ4v) is 3.90. The highest BCUT2D eigenvalue weighted by Gasteiger charge is 2.25. The van der Waals surface area contributed by atoms with Crippen LogP contribution < -0.4 is 5.32 Å². The Bertz CT molecular complexity index is 799. The second-order valence-electron chi connectivity index (χ2n) is 6.26. The van der Waals surface area contributed by atoms with Gasteiger partial charge in [0.15, 0.2) is 11.4 Å². The first kappa shape index (κ1) is 18.4. The molecule has 0 unspecified atom stereocenters. The molecule has 1 N–H and O–H groups in total. The monoisotopic (exact) mass is 373 g/mol. The average Bonchev–Trinajstić information content (AvgIpc) is 3.06. The molecule has 1 saturated heterocycles. The van der Waals surface area contributed by atoms with Crippen molar-refractivity contribution in [2.75, 3.05) is 13.1 Å². The Hall–Kier alpha value is -2.35. The van der Waals surface area contributed by atoms with Gasteiger partial charge in [-0.25, -0.2) is 15.0 Å². The van der Waals surface area contributed by atoms with E-state index in [1.807, 2.05) is 6.92 Å². The number of hydrogen-bond donors (Lipinski definition) is 1. The van der Waals surface area contributed by atoms with E-state index in [9.17, 15) is 9.59 Å². The molecule has 0 radical (unpaired) electrons. The summed E-state index contributed by atoms with van der Waals surface area (Å²) in [5.41, 5.74) is 1.14. The molecule has 3 rings (SSSR count). The summed E-state index contributed by atoms with van der Waals surface area (Å²) in [6.45, 7) is 5.77. The number of likely N-dealkylation sites (tertiary alicyclic amines) is 1. The number of piperidine rings is 1. The van der Waals surface area contributed by atoms with Gasteiger partial charge in [0.05, 0.1) is 17.2 Å². The summed E-state index contributed by atoms with van der Waals surface area (Å²) in [5.74, 6) is -0.602. The Kier molecular flexibility index (Phi) is 5.92. The van der Waals surface area contributed by atoms with E-state index in [1.54, 1.807) is 16.2 Å². The summed E-state index contributed by atoms with van der Waals surface area (Å²) >= 11 is 1.59. The number of rotatable bonds is 5. The van der Waals surface area contributed by atoms with Crippen molar-refractivity contribution < 1.29 is 9.59 Å². The molecular weight excluding hydrogens is 350 g/mol. The predicted octanol–water partition coefficient (Wildman–Crippen LogP) is 2.36. The van der Waals surface area contributed by atoms with Crippen LogP contribution in [-0.2, 0) is 13.0 Å². The summed E-state index contributed by atoms with van der Waals surface area (Å²) in [6.07, 6.45) is 6.86. The molecular formula is C18H23N5O2S. The van der Waals surface area contributed by atoms with Crippen molar-refractivity contribution in [2.24, 2.45) is 0 Å². The van der Waals surface area contributed by atoms with Crippen LogP contribution in [0.2, 0.25) is 0 Å². The van der Waals surface area contributed by atoms with Crippen LogP contribution in [0.1, 0.15) is 62.7 Å². The van der Waals surface area contributed by atoms with Crippen LogP contribution in [0.4, 0.5) is 0 Å². The highest BCUT2D eigenvalue weighted by molar-refractivity contribution is 7.11. The van der Waals surface area contributed by atoms with E-state index in [1.165, 1.54) is 12.4 Å². The Labute approximate surface area is 156 Å². The second kappa shape index (κ2) is 8.35. The smallest absolute Gasteiger partial charge is 0.274 e. The summed E-state index contributed by atoms with van der Waals surface area (Å²) in [4.78, 5) is 40.8. The lowest BCUT2D eigenvalue weighted by Crippen LogP contribution is -2.38. The van der Waals surface area contributed by atoms with Gasteiger partial charge < -0.3 is 10.2 Å². The molecule has 2 amide bonds. The molecule has 1 aliphatic rings. The molecule has 0 atom stereocenters. The zero-order chi connectivity index (χ0) is 18.5. The number of nitrogens with zero attached hydrogens (tertiary/aromatic N) is 4. The van der Waals surface area contributed by atoms with Gasteiger partial charge >= 0.3 is 0 Å². The van der Waals surface area contributed by atoms with Crippen molar-refractivity contribution >= 4 is 23.2 Å².